The minimum atomic E-state index is -0.253. The number of imidazole rings is 1. The summed E-state index contributed by atoms with van der Waals surface area (Å²) in [6.45, 7) is 3.25. The van der Waals surface area contributed by atoms with Gasteiger partial charge in [0, 0.05) is 12.4 Å². The zero-order chi connectivity index (χ0) is 21.4. The Bertz CT molecular complexity index is 1290. The molecule has 1 fully saturated rings. The molecule has 5 rings (SSSR count). The molecule has 0 unspecified atom stereocenters. The second-order valence-electron chi connectivity index (χ2n) is 7.33. The molecule has 1 N–H and O–H groups in total. The number of thioether (sulfide) groups is 1. The van der Waals surface area contributed by atoms with Crippen LogP contribution in [-0.2, 0) is 17.0 Å². The summed E-state index contributed by atoms with van der Waals surface area (Å²) in [7, 11) is 0. The van der Waals surface area contributed by atoms with E-state index in [1.54, 1.807) is 0 Å². The normalized spacial score (nSPS) is 16.4. The number of halogens is 1. The van der Waals surface area contributed by atoms with Crippen LogP contribution in [0.1, 0.15) is 24.3 Å². The highest BCUT2D eigenvalue weighted by molar-refractivity contribution is 7.98. The summed E-state index contributed by atoms with van der Waals surface area (Å²) in [6.07, 6.45) is 3.52. The zero-order valence-corrected chi connectivity index (χ0v) is 18.4. The summed E-state index contributed by atoms with van der Waals surface area (Å²) >= 11 is 7.78. The quantitative estimate of drug-likeness (QED) is 0.433. The van der Waals surface area contributed by atoms with Gasteiger partial charge < -0.3 is 18.7 Å². The summed E-state index contributed by atoms with van der Waals surface area (Å²) in [5.74, 6) is 1.75. The Morgan fingerprint density at radius 2 is 2.19 bits per heavy atom. The highest BCUT2D eigenvalue weighted by atomic mass is 35.5. The predicted octanol–water partition coefficient (Wildman–Crippen LogP) is 4.21. The first kappa shape index (κ1) is 20.3. The fraction of sp³-hybridized carbons (Fsp3) is 0.333. The first-order valence-corrected chi connectivity index (χ1v) is 11.4. The number of nitrogens with zero attached hydrogens (tertiary/aromatic N) is 4. The van der Waals surface area contributed by atoms with Crippen molar-refractivity contribution in [3.05, 3.63) is 57.4 Å². The van der Waals surface area contributed by atoms with Crippen LogP contribution in [0.15, 0.2) is 45.0 Å². The predicted molar refractivity (Wildman–Crippen MR) is 118 cm³/mol. The van der Waals surface area contributed by atoms with Gasteiger partial charge in [0.2, 0.25) is 5.89 Å². The lowest BCUT2D eigenvalue weighted by Gasteiger charge is -2.13. The maximum atomic E-state index is 12.3. The van der Waals surface area contributed by atoms with Crippen molar-refractivity contribution in [1.82, 2.24) is 24.5 Å². The molecule has 8 nitrogen and oxygen atoms in total. The third-order valence-corrected chi connectivity index (χ3v) is 6.57. The van der Waals surface area contributed by atoms with Gasteiger partial charge >= 0.3 is 0 Å². The third-order valence-electron chi connectivity index (χ3n) is 5.25. The van der Waals surface area contributed by atoms with Crippen LogP contribution in [0.3, 0.4) is 0 Å². The average Bonchev–Trinajstić information content (AvgIpc) is 3.48. The highest BCUT2D eigenvalue weighted by Gasteiger charge is 2.22. The first-order valence-electron chi connectivity index (χ1n) is 9.99. The molecule has 4 heterocycles. The number of ether oxygens (including phenoxy) is 1. The van der Waals surface area contributed by atoms with E-state index >= 15 is 0 Å². The number of hydrogen-bond donors (Lipinski definition) is 1. The van der Waals surface area contributed by atoms with Gasteiger partial charge in [0.25, 0.3) is 5.56 Å². The second-order valence-corrected chi connectivity index (χ2v) is 8.68. The molecule has 0 spiro atoms. The van der Waals surface area contributed by atoms with Crippen LogP contribution in [0.4, 0.5) is 0 Å². The number of aryl methyl sites for hydroxylation is 1. The molecular weight excluding hydrogens is 438 g/mol. The molecule has 160 valence electrons. The van der Waals surface area contributed by atoms with Gasteiger partial charge in [0.05, 0.1) is 35.3 Å². The summed E-state index contributed by atoms with van der Waals surface area (Å²) in [5, 5.41) is 1.29. The van der Waals surface area contributed by atoms with E-state index in [9.17, 15) is 4.79 Å². The molecule has 0 saturated carbocycles. The van der Waals surface area contributed by atoms with E-state index in [4.69, 9.17) is 20.8 Å². The molecule has 10 heteroatoms. The van der Waals surface area contributed by atoms with Crippen LogP contribution < -0.4 is 5.56 Å². The van der Waals surface area contributed by atoms with E-state index in [2.05, 4.69) is 19.9 Å². The SMILES string of the molecule is Cc1oc(-c2ccccc2Cl)nc1CSc1nc2c(=O)[nH]cnc2n1C[C@H]1CCCO1. The minimum absolute atomic E-state index is 0.0958. The number of oxazole rings is 1. The number of fused-ring (bicyclic) bond motifs is 1. The molecule has 3 aromatic heterocycles. The smallest absolute Gasteiger partial charge is 0.278 e. The Hall–Kier alpha value is -2.62. The van der Waals surface area contributed by atoms with Crippen molar-refractivity contribution < 1.29 is 9.15 Å². The molecule has 0 bridgehead atoms. The highest BCUT2D eigenvalue weighted by Crippen LogP contribution is 2.32. The Kier molecular flexibility index (Phi) is 5.56. The summed E-state index contributed by atoms with van der Waals surface area (Å²) in [4.78, 5) is 28.4. The Labute approximate surface area is 187 Å². The molecule has 31 heavy (non-hydrogen) atoms. The molecule has 4 aromatic rings. The Morgan fingerprint density at radius 3 is 3.00 bits per heavy atom. The summed E-state index contributed by atoms with van der Waals surface area (Å²) in [6, 6.07) is 7.45. The van der Waals surface area contributed by atoms with Crippen molar-refractivity contribution in [2.45, 2.75) is 43.3 Å². The van der Waals surface area contributed by atoms with Crippen LogP contribution in [0, 0.1) is 6.92 Å². The second kappa shape index (κ2) is 8.49. The molecule has 1 atom stereocenters. The van der Waals surface area contributed by atoms with Gasteiger partial charge in [-0.1, -0.05) is 35.5 Å². The van der Waals surface area contributed by atoms with Crippen molar-refractivity contribution >= 4 is 34.5 Å². The van der Waals surface area contributed by atoms with Crippen molar-refractivity contribution in [1.29, 1.82) is 0 Å². The van der Waals surface area contributed by atoms with Crippen LogP contribution in [0.2, 0.25) is 5.02 Å². The Balaban J connectivity index is 1.44. The van der Waals surface area contributed by atoms with E-state index in [1.807, 2.05) is 35.8 Å². The molecule has 1 aromatic carbocycles. The first-order chi connectivity index (χ1) is 15.1. The lowest BCUT2D eigenvalue weighted by molar-refractivity contribution is 0.0958. The lowest BCUT2D eigenvalue weighted by atomic mass is 10.2. The molecule has 1 aliphatic rings. The van der Waals surface area contributed by atoms with Crippen molar-refractivity contribution in [2.75, 3.05) is 6.61 Å². The molecule has 1 aliphatic heterocycles. The van der Waals surface area contributed by atoms with Crippen LogP contribution in [-0.4, -0.2) is 37.2 Å². The number of rotatable bonds is 6. The minimum Gasteiger partial charge on any atom is -0.441 e. The molecule has 0 aliphatic carbocycles. The van der Waals surface area contributed by atoms with Crippen molar-refractivity contribution in [3.63, 3.8) is 0 Å². The molecule has 0 amide bonds. The number of H-pyrrole nitrogens is 1. The van der Waals surface area contributed by atoms with Gasteiger partial charge in [-0.2, -0.15) is 0 Å². The summed E-state index contributed by atoms with van der Waals surface area (Å²) in [5.41, 5.74) is 2.20. The van der Waals surface area contributed by atoms with Gasteiger partial charge in [-0.3, -0.25) is 4.79 Å². The fourth-order valence-corrected chi connectivity index (χ4v) is 4.86. The number of benzene rings is 1. The van der Waals surface area contributed by atoms with Crippen LogP contribution in [0.5, 0.6) is 0 Å². The fourth-order valence-electron chi connectivity index (χ4n) is 3.64. The van der Waals surface area contributed by atoms with Crippen LogP contribution in [0.25, 0.3) is 22.6 Å². The largest absolute Gasteiger partial charge is 0.441 e. The maximum absolute atomic E-state index is 12.3. The van der Waals surface area contributed by atoms with E-state index < -0.39 is 0 Å². The van der Waals surface area contributed by atoms with E-state index in [-0.39, 0.29) is 11.7 Å². The number of aromatic nitrogens is 5. The lowest BCUT2D eigenvalue weighted by Crippen LogP contribution is -2.16. The molecule has 1 saturated heterocycles. The zero-order valence-electron chi connectivity index (χ0n) is 16.8. The monoisotopic (exact) mass is 457 g/mol. The van der Waals surface area contributed by atoms with Crippen molar-refractivity contribution in [3.8, 4) is 11.5 Å². The summed E-state index contributed by atoms with van der Waals surface area (Å²) < 4.78 is 13.6. The van der Waals surface area contributed by atoms with Gasteiger partial charge in [-0.05, 0) is 31.9 Å². The number of nitrogens with one attached hydrogen (secondary N) is 1. The molecular formula is C21H20ClN5O3S. The van der Waals surface area contributed by atoms with Gasteiger partial charge in [0.15, 0.2) is 16.3 Å². The van der Waals surface area contributed by atoms with Gasteiger partial charge in [0.1, 0.15) is 5.76 Å². The van der Waals surface area contributed by atoms with E-state index in [0.29, 0.717) is 39.5 Å². The maximum Gasteiger partial charge on any atom is 0.278 e. The molecule has 0 radical (unpaired) electrons. The van der Waals surface area contributed by atoms with Gasteiger partial charge in [-0.25, -0.2) is 15.0 Å². The van der Waals surface area contributed by atoms with E-state index in [1.165, 1.54) is 18.1 Å². The van der Waals surface area contributed by atoms with Gasteiger partial charge in [-0.15, -0.1) is 0 Å². The Morgan fingerprint density at radius 1 is 1.32 bits per heavy atom. The number of aromatic amines is 1. The standard InChI is InChI=1S/C21H20ClN5O3S/c1-12-16(25-20(30-12)14-6-2-3-7-15(14)22)10-31-21-26-17-18(23-11-24-19(17)28)27(21)9-13-5-4-8-29-13/h2-3,6-7,11,13H,4-5,8-10H2,1H3,(H,23,24,28)/t13-/m1/s1. The van der Waals surface area contributed by atoms with E-state index in [0.717, 1.165) is 36.5 Å². The average molecular weight is 458 g/mol. The topological polar surface area (TPSA) is 98.8 Å². The van der Waals surface area contributed by atoms with Crippen molar-refractivity contribution in [2.24, 2.45) is 0 Å². The number of hydrogen-bond acceptors (Lipinski definition) is 7. The van der Waals surface area contributed by atoms with Crippen LogP contribution >= 0.6 is 23.4 Å². The third kappa shape index (κ3) is 4.00.